The Balaban J connectivity index is 1.80. The zero-order chi connectivity index (χ0) is 18.7. The van der Waals surface area contributed by atoms with E-state index < -0.39 is 5.82 Å². The number of hydrogen-bond acceptors (Lipinski definition) is 4. The summed E-state index contributed by atoms with van der Waals surface area (Å²) in [4.78, 5) is 14.3. The van der Waals surface area contributed by atoms with Crippen LogP contribution in [0.3, 0.4) is 0 Å². The highest BCUT2D eigenvalue weighted by atomic mass is 35.5. The van der Waals surface area contributed by atoms with Crippen LogP contribution in [-0.2, 0) is 6.54 Å². The van der Waals surface area contributed by atoms with E-state index in [0.29, 0.717) is 16.8 Å². The number of benzene rings is 2. The standard InChI is InChI=1S/C19H17ClFN3O2/c1-12(2)24(19(25)14-4-3-5-16(21)10-14)11-17-22-23-18(26-17)13-6-8-15(20)9-7-13/h3-10,12H,11H2,1-2H3. The Morgan fingerprint density at radius 2 is 1.92 bits per heavy atom. The summed E-state index contributed by atoms with van der Waals surface area (Å²) in [6, 6.07) is 12.5. The summed E-state index contributed by atoms with van der Waals surface area (Å²) in [5, 5.41) is 8.64. The maximum Gasteiger partial charge on any atom is 0.254 e. The summed E-state index contributed by atoms with van der Waals surface area (Å²) < 4.78 is 19.1. The van der Waals surface area contributed by atoms with Crippen LogP contribution in [0, 0.1) is 5.82 Å². The lowest BCUT2D eigenvalue weighted by Gasteiger charge is -2.25. The van der Waals surface area contributed by atoms with Gasteiger partial charge in [0.2, 0.25) is 11.8 Å². The van der Waals surface area contributed by atoms with Crippen molar-refractivity contribution in [2.45, 2.75) is 26.4 Å². The summed E-state index contributed by atoms with van der Waals surface area (Å²) in [5.74, 6) is -0.111. The van der Waals surface area contributed by atoms with Gasteiger partial charge < -0.3 is 9.32 Å². The molecular weight excluding hydrogens is 357 g/mol. The molecule has 0 fully saturated rings. The molecule has 0 unspecified atom stereocenters. The molecule has 3 rings (SSSR count). The average Bonchev–Trinajstić information content (AvgIpc) is 3.08. The van der Waals surface area contributed by atoms with Crippen LogP contribution in [0.5, 0.6) is 0 Å². The third kappa shape index (κ3) is 4.08. The SMILES string of the molecule is CC(C)N(Cc1nnc(-c2ccc(Cl)cc2)o1)C(=O)c1cccc(F)c1. The number of nitrogens with zero attached hydrogens (tertiary/aromatic N) is 3. The molecule has 0 radical (unpaired) electrons. The van der Waals surface area contributed by atoms with Crippen molar-refractivity contribution in [2.24, 2.45) is 0 Å². The van der Waals surface area contributed by atoms with Crippen molar-refractivity contribution >= 4 is 17.5 Å². The smallest absolute Gasteiger partial charge is 0.254 e. The second-order valence-corrected chi connectivity index (χ2v) is 6.48. The van der Waals surface area contributed by atoms with E-state index in [9.17, 15) is 9.18 Å². The van der Waals surface area contributed by atoms with Gasteiger partial charge in [-0.15, -0.1) is 10.2 Å². The van der Waals surface area contributed by atoms with Crippen molar-refractivity contribution in [1.29, 1.82) is 0 Å². The first-order chi connectivity index (χ1) is 12.4. The number of amides is 1. The minimum atomic E-state index is -0.456. The maximum absolute atomic E-state index is 13.4. The van der Waals surface area contributed by atoms with E-state index in [-0.39, 0.29) is 24.1 Å². The number of halogens is 2. The van der Waals surface area contributed by atoms with Gasteiger partial charge in [-0.3, -0.25) is 4.79 Å². The topological polar surface area (TPSA) is 59.2 Å². The van der Waals surface area contributed by atoms with E-state index in [1.54, 1.807) is 35.2 Å². The first kappa shape index (κ1) is 18.1. The third-order valence-electron chi connectivity index (χ3n) is 3.82. The van der Waals surface area contributed by atoms with Crippen LogP contribution in [0.2, 0.25) is 5.02 Å². The molecule has 3 aromatic rings. The second kappa shape index (κ2) is 7.66. The lowest BCUT2D eigenvalue weighted by molar-refractivity contribution is 0.0672. The number of carbonyl (C=O) groups is 1. The molecule has 0 atom stereocenters. The van der Waals surface area contributed by atoms with Gasteiger partial charge in [-0.25, -0.2) is 4.39 Å². The Kier molecular flexibility index (Phi) is 5.32. The molecular formula is C19H17ClFN3O2. The van der Waals surface area contributed by atoms with Crippen molar-refractivity contribution in [3.8, 4) is 11.5 Å². The van der Waals surface area contributed by atoms with Crippen LogP contribution >= 0.6 is 11.6 Å². The fraction of sp³-hybridized carbons (Fsp3) is 0.211. The average molecular weight is 374 g/mol. The number of hydrogen-bond donors (Lipinski definition) is 0. The zero-order valence-electron chi connectivity index (χ0n) is 14.3. The summed E-state index contributed by atoms with van der Waals surface area (Å²) >= 11 is 5.87. The van der Waals surface area contributed by atoms with Crippen molar-refractivity contribution < 1.29 is 13.6 Å². The normalized spacial score (nSPS) is 11.0. The molecule has 0 N–H and O–H groups in total. The van der Waals surface area contributed by atoms with Crippen LogP contribution in [0.25, 0.3) is 11.5 Å². The Bertz CT molecular complexity index is 909. The van der Waals surface area contributed by atoms with E-state index in [0.717, 1.165) is 5.56 Å². The van der Waals surface area contributed by atoms with Gasteiger partial charge in [-0.1, -0.05) is 17.7 Å². The van der Waals surface area contributed by atoms with E-state index in [1.165, 1.54) is 18.2 Å². The molecule has 5 nitrogen and oxygen atoms in total. The maximum atomic E-state index is 13.4. The summed E-state index contributed by atoms with van der Waals surface area (Å²) in [5.41, 5.74) is 1.01. The highest BCUT2D eigenvalue weighted by Gasteiger charge is 2.22. The van der Waals surface area contributed by atoms with E-state index in [1.807, 2.05) is 13.8 Å². The molecule has 0 aliphatic rings. The van der Waals surface area contributed by atoms with Crippen molar-refractivity contribution in [3.63, 3.8) is 0 Å². The second-order valence-electron chi connectivity index (χ2n) is 6.04. The summed E-state index contributed by atoms with van der Waals surface area (Å²) in [6.07, 6.45) is 0. The van der Waals surface area contributed by atoms with Crippen LogP contribution < -0.4 is 0 Å². The third-order valence-corrected chi connectivity index (χ3v) is 4.07. The molecule has 1 aromatic heterocycles. The predicted molar refractivity (Wildman–Crippen MR) is 96.2 cm³/mol. The molecule has 0 aliphatic heterocycles. The fourth-order valence-electron chi connectivity index (χ4n) is 2.45. The van der Waals surface area contributed by atoms with Gasteiger partial charge in [0.05, 0.1) is 6.54 Å². The van der Waals surface area contributed by atoms with Gasteiger partial charge in [0, 0.05) is 22.2 Å². The molecule has 1 heterocycles. The minimum absolute atomic E-state index is 0.128. The largest absolute Gasteiger partial charge is 0.419 e. The van der Waals surface area contributed by atoms with Crippen LogP contribution in [-0.4, -0.2) is 27.0 Å². The zero-order valence-corrected chi connectivity index (χ0v) is 15.1. The molecule has 134 valence electrons. The molecule has 0 saturated carbocycles. The van der Waals surface area contributed by atoms with Gasteiger partial charge in [0.25, 0.3) is 5.91 Å². The Morgan fingerprint density at radius 1 is 1.19 bits per heavy atom. The van der Waals surface area contributed by atoms with Crippen LogP contribution in [0.1, 0.15) is 30.1 Å². The Labute approximate surface area is 155 Å². The van der Waals surface area contributed by atoms with E-state index in [4.69, 9.17) is 16.0 Å². The van der Waals surface area contributed by atoms with Gasteiger partial charge in [0.1, 0.15) is 5.82 Å². The first-order valence-corrected chi connectivity index (χ1v) is 8.46. The Hall–Kier alpha value is -2.73. The number of carbonyl (C=O) groups excluding carboxylic acids is 1. The molecule has 7 heteroatoms. The molecule has 2 aromatic carbocycles. The number of aromatic nitrogens is 2. The van der Waals surface area contributed by atoms with Crippen molar-refractivity contribution in [2.75, 3.05) is 0 Å². The van der Waals surface area contributed by atoms with Crippen molar-refractivity contribution in [3.05, 3.63) is 70.8 Å². The molecule has 26 heavy (non-hydrogen) atoms. The van der Waals surface area contributed by atoms with E-state index in [2.05, 4.69) is 10.2 Å². The van der Waals surface area contributed by atoms with E-state index >= 15 is 0 Å². The highest BCUT2D eigenvalue weighted by Crippen LogP contribution is 2.21. The molecule has 1 amide bonds. The fourth-order valence-corrected chi connectivity index (χ4v) is 2.57. The monoisotopic (exact) mass is 373 g/mol. The van der Waals surface area contributed by atoms with Crippen LogP contribution in [0.15, 0.2) is 52.9 Å². The Morgan fingerprint density at radius 3 is 2.58 bits per heavy atom. The number of rotatable bonds is 5. The first-order valence-electron chi connectivity index (χ1n) is 8.09. The van der Waals surface area contributed by atoms with Crippen LogP contribution in [0.4, 0.5) is 4.39 Å². The molecule has 0 aliphatic carbocycles. The van der Waals surface area contributed by atoms with Gasteiger partial charge in [-0.2, -0.15) is 0 Å². The minimum Gasteiger partial charge on any atom is -0.419 e. The predicted octanol–water partition coefficient (Wildman–Crippen LogP) is 4.58. The van der Waals surface area contributed by atoms with Gasteiger partial charge >= 0.3 is 0 Å². The molecule has 0 spiro atoms. The highest BCUT2D eigenvalue weighted by molar-refractivity contribution is 6.30. The van der Waals surface area contributed by atoms with Gasteiger partial charge in [-0.05, 0) is 56.3 Å². The van der Waals surface area contributed by atoms with Crippen molar-refractivity contribution in [1.82, 2.24) is 15.1 Å². The lowest BCUT2D eigenvalue weighted by Crippen LogP contribution is -2.36. The molecule has 0 saturated heterocycles. The quantitative estimate of drug-likeness (QED) is 0.656. The lowest BCUT2D eigenvalue weighted by atomic mass is 10.1. The van der Waals surface area contributed by atoms with Gasteiger partial charge in [0.15, 0.2) is 0 Å². The summed E-state index contributed by atoms with van der Waals surface area (Å²) in [6.45, 7) is 3.87. The summed E-state index contributed by atoms with van der Waals surface area (Å²) in [7, 11) is 0. The molecule has 0 bridgehead atoms.